The van der Waals surface area contributed by atoms with Gasteiger partial charge in [-0.3, -0.25) is 0 Å². The maximum absolute atomic E-state index is 7.57. The van der Waals surface area contributed by atoms with Gasteiger partial charge in [-0.1, -0.05) is 12.6 Å². The van der Waals surface area contributed by atoms with Crippen molar-refractivity contribution in [2.24, 2.45) is 0 Å². The average Bonchev–Trinajstić information content (AvgIpc) is 2.16. The Morgan fingerprint density at radius 1 is 1.62 bits per heavy atom. The topological polar surface area (TPSA) is 59.1 Å². The Kier molecular flexibility index (Phi) is 2.69. The van der Waals surface area contributed by atoms with Crippen LogP contribution in [0.25, 0.3) is 0 Å². The third-order valence-corrected chi connectivity index (χ3v) is 1.74. The summed E-state index contributed by atoms with van der Waals surface area (Å²) in [6.07, 6.45) is 1.46. The van der Waals surface area contributed by atoms with Crippen molar-refractivity contribution in [2.75, 3.05) is 12.8 Å². The van der Waals surface area contributed by atoms with Gasteiger partial charge < -0.3 is 15.9 Å². The van der Waals surface area contributed by atoms with Gasteiger partial charge in [-0.2, -0.15) is 0 Å². The van der Waals surface area contributed by atoms with Crippen molar-refractivity contribution in [3.05, 3.63) is 36.4 Å². The summed E-state index contributed by atoms with van der Waals surface area (Å²) in [5, 5.41) is 7.57. The Morgan fingerprint density at radius 2 is 2.31 bits per heavy atom. The number of hydrogen-bond acceptors (Lipinski definition) is 3. The van der Waals surface area contributed by atoms with Crippen LogP contribution < -0.4 is 10.5 Å². The maximum Gasteiger partial charge on any atom is 0.151 e. The summed E-state index contributed by atoms with van der Waals surface area (Å²) in [5.74, 6) is 0.535. The minimum absolute atomic E-state index is 0.309. The second-order valence-electron chi connectivity index (χ2n) is 2.55. The van der Waals surface area contributed by atoms with Crippen molar-refractivity contribution in [3.8, 4) is 5.75 Å². The van der Waals surface area contributed by atoms with Crippen LogP contribution >= 0.6 is 0 Å². The van der Waals surface area contributed by atoms with E-state index in [1.807, 2.05) is 0 Å². The highest BCUT2D eigenvalue weighted by atomic mass is 16.5. The molecule has 13 heavy (non-hydrogen) atoms. The van der Waals surface area contributed by atoms with Crippen LogP contribution in [0.1, 0.15) is 5.56 Å². The van der Waals surface area contributed by atoms with E-state index in [0.717, 1.165) is 0 Å². The Balaban J connectivity index is 3.27. The van der Waals surface area contributed by atoms with Gasteiger partial charge in [0.15, 0.2) is 5.75 Å². The van der Waals surface area contributed by atoms with Gasteiger partial charge in [-0.15, -0.1) is 0 Å². The normalized spacial score (nSPS) is 9.31. The van der Waals surface area contributed by atoms with Gasteiger partial charge >= 0.3 is 0 Å². The van der Waals surface area contributed by atoms with E-state index in [1.165, 1.54) is 13.2 Å². The zero-order valence-corrected chi connectivity index (χ0v) is 7.50. The zero-order valence-electron chi connectivity index (χ0n) is 7.50. The molecule has 68 valence electrons. The highest BCUT2D eigenvalue weighted by molar-refractivity contribution is 6.09. The van der Waals surface area contributed by atoms with E-state index in [2.05, 4.69) is 6.58 Å². The molecule has 0 bridgehead atoms. The third kappa shape index (κ3) is 1.69. The second-order valence-corrected chi connectivity index (χ2v) is 2.55. The van der Waals surface area contributed by atoms with Crippen molar-refractivity contribution in [3.63, 3.8) is 0 Å². The van der Waals surface area contributed by atoms with Crippen molar-refractivity contribution in [1.29, 1.82) is 5.41 Å². The van der Waals surface area contributed by atoms with Crippen molar-refractivity contribution in [1.82, 2.24) is 0 Å². The summed E-state index contributed by atoms with van der Waals surface area (Å²) in [6.45, 7) is 3.52. The number of nitrogen functional groups attached to an aromatic ring is 1. The summed E-state index contributed by atoms with van der Waals surface area (Å²) in [7, 11) is 1.53. The molecule has 0 radical (unpaired) electrons. The summed E-state index contributed by atoms with van der Waals surface area (Å²) >= 11 is 0. The molecule has 0 amide bonds. The van der Waals surface area contributed by atoms with E-state index in [-0.39, 0.29) is 0 Å². The highest BCUT2D eigenvalue weighted by Gasteiger charge is 2.07. The zero-order chi connectivity index (χ0) is 9.84. The molecular weight excluding hydrogens is 164 g/mol. The van der Waals surface area contributed by atoms with Crippen LogP contribution in [0.15, 0.2) is 30.9 Å². The molecule has 1 rings (SSSR count). The van der Waals surface area contributed by atoms with Gasteiger partial charge in [-0.25, -0.2) is 0 Å². The molecule has 1 aromatic carbocycles. The molecule has 3 N–H and O–H groups in total. The van der Waals surface area contributed by atoms with Crippen LogP contribution in [0, 0.1) is 5.41 Å². The molecule has 0 aliphatic rings. The lowest BCUT2D eigenvalue weighted by molar-refractivity contribution is 0.416. The monoisotopic (exact) mass is 176 g/mol. The number of para-hydroxylation sites is 1. The number of hydrogen-bond donors (Lipinski definition) is 2. The standard InChI is InChI=1S/C10H12N2O/c1-3-8(11)7-5-4-6-9(12)10(7)13-2/h3-6,11H,1,12H2,2H3. The summed E-state index contributed by atoms with van der Waals surface area (Å²) in [5.41, 5.74) is 7.18. The number of benzene rings is 1. The first-order chi connectivity index (χ1) is 6.20. The van der Waals surface area contributed by atoms with Gasteiger partial charge in [0.25, 0.3) is 0 Å². The largest absolute Gasteiger partial charge is 0.494 e. The van der Waals surface area contributed by atoms with Crippen LogP contribution in [-0.2, 0) is 0 Å². The summed E-state index contributed by atoms with van der Waals surface area (Å²) in [4.78, 5) is 0. The molecule has 0 atom stereocenters. The molecule has 3 heteroatoms. The van der Waals surface area contributed by atoms with Crippen LogP contribution in [0.2, 0.25) is 0 Å². The predicted molar refractivity (Wildman–Crippen MR) is 54.4 cm³/mol. The smallest absolute Gasteiger partial charge is 0.151 e. The molecule has 0 saturated carbocycles. The number of methoxy groups -OCH3 is 1. The molecule has 0 aliphatic heterocycles. The predicted octanol–water partition coefficient (Wildman–Crippen LogP) is 1.83. The maximum atomic E-state index is 7.57. The van der Waals surface area contributed by atoms with Gasteiger partial charge in [0.1, 0.15) is 0 Å². The van der Waals surface area contributed by atoms with Crippen molar-refractivity contribution >= 4 is 11.4 Å². The quantitative estimate of drug-likeness (QED) is 0.545. The Hall–Kier alpha value is -1.77. The first-order valence-corrected chi connectivity index (χ1v) is 3.84. The lowest BCUT2D eigenvalue weighted by Crippen LogP contribution is -2.01. The van der Waals surface area contributed by atoms with Gasteiger partial charge in [0.2, 0.25) is 0 Å². The first-order valence-electron chi connectivity index (χ1n) is 3.84. The number of rotatable bonds is 3. The SMILES string of the molecule is C=CC(=N)c1cccc(N)c1OC. The minimum atomic E-state index is 0.309. The van der Waals surface area contributed by atoms with Crippen molar-refractivity contribution < 1.29 is 4.74 Å². The molecular formula is C10H12N2O. The van der Waals surface area contributed by atoms with Gasteiger partial charge in [-0.05, 0) is 18.2 Å². The van der Waals surface area contributed by atoms with Crippen molar-refractivity contribution in [2.45, 2.75) is 0 Å². The Morgan fingerprint density at radius 3 is 2.85 bits per heavy atom. The van der Waals surface area contributed by atoms with Crippen LogP contribution in [0.4, 0.5) is 5.69 Å². The van der Waals surface area contributed by atoms with E-state index in [9.17, 15) is 0 Å². The number of nitrogens with two attached hydrogens (primary N) is 1. The average molecular weight is 176 g/mol. The van der Waals surface area contributed by atoms with E-state index in [0.29, 0.717) is 22.7 Å². The van der Waals surface area contributed by atoms with E-state index >= 15 is 0 Å². The molecule has 3 nitrogen and oxygen atoms in total. The summed E-state index contributed by atoms with van der Waals surface area (Å²) in [6, 6.07) is 5.29. The number of nitrogens with one attached hydrogen (secondary N) is 1. The second kappa shape index (κ2) is 3.76. The number of allylic oxidation sites excluding steroid dienone is 1. The molecule has 0 saturated heterocycles. The van der Waals surface area contributed by atoms with Gasteiger partial charge in [0, 0.05) is 5.56 Å². The van der Waals surface area contributed by atoms with Crippen LogP contribution in [-0.4, -0.2) is 12.8 Å². The van der Waals surface area contributed by atoms with Crippen LogP contribution in [0.5, 0.6) is 5.75 Å². The molecule has 1 aromatic rings. The van der Waals surface area contributed by atoms with Gasteiger partial charge in [0.05, 0.1) is 18.5 Å². The lowest BCUT2D eigenvalue weighted by Gasteiger charge is -2.09. The molecule has 0 spiro atoms. The third-order valence-electron chi connectivity index (χ3n) is 1.74. The molecule has 0 aliphatic carbocycles. The fraction of sp³-hybridized carbons (Fsp3) is 0.100. The van der Waals surface area contributed by atoms with Crippen LogP contribution in [0.3, 0.4) is 0 Å². The molecule has 0 fully saturated rings. The van der Waals surface area contributed by atoms with E-state index in [1.54, 1.807) is 18.2 Å². The highest BCUT2D eigenvalue weighted by Crippen LogP contribution is 2.26. The number of anilines is 1. The molecule has 0 aromatic heterocycles. The molecule has 0 heterocycles. The number of ether oxygens (including phenoxy) is 1. The Bertz CT molecular complexity index is 345. The first kappa shape index (κ1) is 9.32. The fourth-order valence-electron chi connectivity index (χ4n) is 1.10. The summed E-state index contributed by atoms with van der Waals surface area (Å²) < 4.78 is 5.09. The van der Waals surface area contributed by atoms with E-state index < -0.39 is 0 Å². The van der Waals surface area contributed by atoms with E-state index in [4.69, 9.17) is 15.9 Å². The Labute approximate surface area is 77.3 Å². The molecule has 0 unspecified atom stereocenters. The lowest BCUT2D eigenvalue weighted by atomic mass is 10.1. The fourth-order valence-corrected chi connectivity index (χ4v) is 1.10. The minimum Gasteiger partial charge on any atom is -0.494 e.